The Morgan fingerprint density at radius 3 is 2.32 bits per heavy atom. The third-order valence-corrected chi connectivity index (χ3v) is 2.28. The van der Waals surface area contributed by atoms with E-state index in [2.05, 4.69) is 9.68 Å². The lowest BCUT2D eigenvalue weighted by Crippen LogP contribution is -2.37. The molecule has 0 bridgehead atoms. The van der Waals surface area contributed by atoms with E-state index in [0.717, 1.165) is 0 Å². The molecule has 0 fully saturated rings. The molecule has 0 radical (unpaired) electrons. The second-order valence-electron chi connectivity index (χ2n) is 3.64. The molecule has 0 aromatic heterocycles. The lowest BCUT2D eigenvalue weighted by atomic mass is 10.0. The Balaban J connectivity index is 2.62. The Morgan fingerprint density at radius 2 is 1.79 bits per heavy atom. The number of aliphatic hydroxyl groups is 1. The van der Waals surface area contributed by atoms with E-state index < -0.39 is 29.0 Å². The minimum Gasteiger partial charge on any atom is -0.390 e. The fourth-order valence-electron chi connectivity index (χ4n) is 1.44. The molecule has 0 saturated carbocycles. The normalized spacial score (nSPS) is 13.3. The summed E-state index contributed by atoms with van der Waals surface area (Å²) < 4.78 is 0. The Morgan fingerprint density at radius 1 is 1.16 bits per heavy atom. The second kappa shape index (κ2) is 7.11. The van der Waals surface area contributed by atoms with E-state index in [0.29, 0.717) is 5.56 Å². The summed E-state index contributed by atoms with van der Waals surface area (Å²) in [5.41, 5.74) is 0.716. The van der Waals surface area contributed by atoms with Gasteiger partial charge in [0.05, 0.1) is 6.10 Å². The van der Waals surface area contributed by atoms with Crippen LogP contribution in [0.5, 0.6) is 0 Å². The van der Waals surface area contributed by atoms with Crippen molar-refractivity contribution >= 4 is 0 Å². The van der Waals surface area contributed by atoms with Gasteiger partial charge in [-0.1, -0.05) is 30.3 Å². The minimum atomic E-state index is -1.43. The molecule has 104 valence electrons. The van der Waals surface area contributed by atoms with Crippen molar-refractivity contribution in [2.24, 2.45) is 0 Å². The number of rotatable bonds is 8. The number of benzene rings is 1. The molecule has 0 amide bonds. The highest BCUT2D eigenvalue weighted by atomic mass is 17.0. The molecular formula is C10H12N2O7. The SMILES string of the molecule is O=[N+]([O-])OC[C@@H](O[N+](=O)[O-])[C@@H](O)Cc1ccccc1. The average Bonchev–Trinajstić information content (AvgIpc) is 2.35. The van der Waals surface area contributed by atoms with Gasteiger partial charge in [0.2, 0.25) is 0 Å². The summed E-state index contributed by atoms with van der Waals surface area (Å²) >= 11 is 0. The van der Waals surface area contributed by atoms with Gasteiger partial charge in [-0.3, -0.25) is 0 Å². The fourth-order valence-corrected chi connectivity index (χ4v) is 1.44. The lowest BCUT2D eigenvalue weighted by Gasteiger charge is -2.19. The molecule has 0 saturated heterocycles. The molecule has 0 spiro atoms. The number of nitrogens with zero attached hydrogens (tertiary/aromatic N) is 2. The van der Waals surface area contributed by atoms with Crippen molar-refractivity contribution in [1.29, 1.82) is 0 Å². The van der Waals surface area contributed by atoms with Gasteiger partial charge in [0.25, 0.3) is 10.2 Å². The van der Waals surface area contributed by atoms with Crippen LogP contribution in [-0.4, -0.2) is 34.1 Å². The van der Waals surface area contributed by atoms with Crippen LogP contribution in [0.1, 0.15) is 5.56 Å². The zero-order valence-electron chi connectivity index (χ0n) is 9.75. The van der Waals surface area contributed by atoms with Crippen LogP contribution in [-0.2, 0) is 16.1 Å². The molecule has 0 heterocycles. The molecule has 0 aliphatic rings. The monoisotopic (exact) mass is 272 g/mol. The molecule has 0 aliphatic heterocycles. The summed E-state index contributed by atoms with van der Waals surface area (Å²) in [7, 11) is 0. The van der Waals surface area contributed by atoms with Crippen molar-refractivity contribution in [1.82, 2.24) is 0 Å². The zero-order valence-corrected chi connectivity index (χ0v) is 9.75. The molecule has 0 aliphatic carbocycles. The van der Waals surface area contributed by atoms with Gasteiger partial charge in [-0.2, -0.15) is 0 Å². The maximum Gasteiger partial charge on any atom is 0.294 e. The van der Waals surface area contributed by atoms with Gasteiger partial charge in [0.1, 0.15) is 6.61 Å². The Kier molecular flexibility index (Phi) is 5.48. The Labute approximate surface area is 107 Å². The summed E-state index contributed by atoms with van der Waals surface area (Å²) in [6.07, 6.45) is -2.67. The number of hydrogen-bond donors (Lipinski definition) is 1. The third-order valence-electron chi connectivity index (χ3n) is 2.28. The third kappa shape index (κ3) is 5.64. The smallest absolute Gasteiger partial charge is 0.294 e. The molecule has 9 nitrogen and oxygen atoms in total. The minimum absolute atomic E-state index is 0.0560. The second-order valence-corrected chi connectivity index (χ2v) is 3.64. The molecule has 9 heteroatoms. The van der Waals surface area contributed by atoms with E-state index >= 15 is 0 Å². The van der Waals surface area contributed by atoms with Gasteiger partial charge in [-0.05, 0) is 5.56 Å². The maximum absolute atomic E-state index is 10.3. The topological polar surface area (TPSA) is 125 Å². The molecule has 0 unspecified atom stereocenters. The van der Waals surface area contributed by atoms with Gasteiger partial charge < -0.3 is 14.8 Å². The summed E-state index contributed by atoms with van der Waals surface area (Å²) in [5.74, 6) is 0. The first-order chi connectivity index (χ1) is 8.99. The first kappa shape index (κ1) is 14.6. The highest BCUT2D eigenvalue weighted by Gasteiger charge is 2.25. The molecule has 2 atom stereocenters. The standard InChI is InChI=1S/C10H12N2O7/c13-9(6-8-4-2-1-3-5-8)10(19-12(16)17)7-18-11(14)15/h1-5,9-10,13H,6-7H2/t9-,10+/m0/s1. The quantitative estimate of drug-likeness (QED) is 0.535. The van der Waals surface area contributed by atoms with Crippen molar-refractivity contribution < 1.29 is 25.0 Å². The van der Waals surface area contributed by atoms with Crippen LogP contribution in [0.3, 0.4) is 0 Å². The Bertz CT molecular complexity index is 425. The van der Waals surface area contributed by atoms with Crippen molar-refractivity contribution in [3.63, 3.8) is 0 Å². The zero-order chi connectivity index (χ0) is 14.3. The van der Waals surface area contributed by atoms with Crippen LogP contribution in [0.4, 0.5) is 0 Å². The van der Waals surface area contributed by atoms with E-state index in [1.807, 2.05) is 0 Å². The van der Waals surface area contributed by atoms with Crippen LogP contribution in [0.15, 0.2) is 30.3 Å². The van der Waals surface area contributed by atoms with Crippen molar-refractivity contribution in [3.8, 4) is 0 Å². The van der Waals surface area contributed by atoms with Gasteiger partial charge in [0.15, 0.2) is 6.10 Å². The van der Waals surface area contributed by atoms with Gasteiger partial charge >= 0.3 is 0 Å². The van der Waals surface area contributed by atoms with Crippen molar-refractivity contribution in [2.75, 3.05) is 6.61 Å². The van der Waals surface area contributed by atoms with Gasteiger partial charge in [-0.25, -0.2) is 0 Å². The predicted octanol–water partition coefficient (Wildman–Crippen LogP) is 0.375. The van der Waals surface area contributed by atoms with Crippen molar-refractivity contribution in [2.45, 2.75) is 18.6 Å². The van der Waals surface area contributed by atoms with E-state index in [1.165, 1.54) is 0 Å². The van der Waals surface area contributed by atoms with E-state index in [-0.39, 0.29) is 6.42 Å². The highest BCUT2D eigenvalue weighted by Crippen LogP contribution is 2.09. The largest absolute Gasteiger partial charge is 0.390 e. The molecular weight excluding hydrogens is 260 g/mol. The van der Waals surface area contributed by atoms with Crippen LogP contribution in [0.25, 0.3) is 0 Å². The summed E-state index contributed by atoms with van der Waals surface area (Å²) in [6, 6.07) is 8.66. The maximum atomic E-state index is 10.3. The predicted molar refractivity (Wildman–Crippen MR) is 61.0 cm³/mol. The highest BCUT2D eigenvalue weighted by molar-refractivity contribution is 5.15. The molecule has 1 N–H and O–H groups in total. The summed E-state index contributed by atoms with van der Waals surface area (Å²) in [4.78, 5) is 28.5. The number of hydrogen-bond acceptors (Lipinski definition) is 7. The first-order valence-electron chi connectivity index (χ1n) is 5.29. The summed E-state index contributed by atoms with van der Waals surface area (Å²) in [5, 5.41) is 27.9. The van der Waals surface area contributed by atoms with Crippen molar-refractivity contribution in [3.05, 3.63) is 56.1 Å². The molecule has 1 rings (SSSR count). The molecule has 1 aromatic rings. The van der Waals surface area contributed by atoms with Gasteiger partial charge in [-0.15, -0.1) is 20.2 Å². The first-order valence-corrected chi connectivity index (χ1v) is 5.29. The van der Waals surface area contributed by atoms with Crippen LogP contribution in [0, 0.1) is 20.2 Å². The lowest BCUT2D eigenvalue weighted by molar-refractivity contribution is -0.791. The Hall–Kier alpha value is -2.42. The van der Waals surface area contributed by atoms with E-state index in [9.17, 15) is 25.3 Å². The van der Waals surface area contributed by atoms with Gasteiger partial charge in [0, 0.05) is 6.42 Å². The summed E-state index contributed by atoms with van der Waals surface area (Å²) in [6.45, 7) is -0.720. The number of aliphatic hydroxyl groups excluding tert-OH is 1. The van der Waals surface area contributed by atoms with Crippen LogP contribution < -0.4 is 0 Å². The molecule has 1 aromatic carbocycles. The average molecular weight is 272 g/mol. The van der Waals surface area contributed by atoms with E-state index in [1.54, 1.807) is 30.3 Å². The van der Waals surface area contributed by atoms with Crippen LogP contribution in [0.2, 0.25) is 0 Å². The molecule has 19 heavy (non-hydrogen) atoms. The fraction of sp³-hybridized carbons (Fsp3) is 0.400. The van der Waals surface area contributed by atoms with E-state index in [4.69, 9.17) is 0 Å². The van der Waals surface area contributed by atoms with Crippen LogP contribution >= 0.6 is 0 Å².